The van der Waals surface area contributed by atoms with Gasteiger partial charge in [-0.15, -0.1) is 0 Å². The quantitative estimate of drug-likeness (QED) is 0.876. The van der Waals surface area contributed by atoms with Crippen molar-refractivity contribution in [3.05, 3.63) is 16.9 Å². The van der Waals surface area contributed by atoms with Gasteiger partial charge in [0, 0.05) is 18.5 Å². The van der Waals surface area contributed by atoms with E-state index < -0.39 is 0 Å². The third-order valence-corrected chi connectivity index (χ3v) is 3.95. The van der Waals surface area contributed by atoms with Gasteiger partial charge < -0.3 is 5.32 Å². The lowest BCUT2D eigenvalue weighted by atomic mass is 9.99. The van der Waals surface area contributed by atoms with Gasteiger partial charge in [-0.05, 0) is 32.7 Å². The number of halogens is 1. The zero-order valence-electron chi connectivity index (χ0n) is 10.7. The van der Waals surface area contributed by atoms with Crippen molar-refractivity contribution in [3.63, 3.8) is 0 Å². The van der Waals surface area contributed by atoms with Crippen LogP contribution in [0.2, 0.25) is 5.02 Å². The molecule has 1 heterocycles. The van der Waals surface area contributed by atoms with Gasteiger partial charge in [0.2, 0.25) is 0 Å². The minimum absolute atomic E-state index is 0.538. The molecule has 2 rings (SSSR count). The van der Waals surface area contributed by atoms with Crippen LogP contribution < -0.4 is 5.32 Å². The SMILES string of the molecule is CCCNC1CCCC1c1c(Cl)cnn1CC. The Bertz CT molecular complexity index is 362. The third kappa shape index (κ3) is 2.66. The molecule has 0 radical (unpaired) electrons. The zero-order chi connectivity index (χ0) is 12.3. The predicted octanol–water partition coefficient (Wildman–Crippen LogP) is 3.19. The first-order valence-corrected chi connectivity index (χ1v) is 7.10. The summed E-state index contributed by atoms with van der Waals surface area (Å²) < 4.78 is 2.05. The summed E-state index contributed by atoms with van der Waals surface area (Å²) in [7, 11) is 0. The molecule has 1 fully saturated rings. The molecular formula is C13H22ClN3. The number of rotatable bonds is 5. The Hall–Kier alpha value is -0.540. The Morgan fingerprint density at radius 3 is 3.00 bits per heavy atom. The molecule has 1 aliphatic carbocycles. The van der Waals surface area contributed by atoms with Crippen LogP contribution in [-0.2, 0) is 6.54 Å². The molecule has 0 aliphatic heterocycles. The molecule has 0 aromatic carbocycles. The fourth-order valence-corrected chi connectivity index (χ4v) is 3.14. The molecule has 1 N–H and O–H groups in total. The fraction of sp³-hybridized carbons (Fsp3) is 0.769. The minimum atomic E-state index is 0.538. The van der Waals surface area contributed by atoms with Gasteiger partial charge >= 0.3 is 0 Å². The molecule has 1 aliphatic rings. The van der Waals surface area contributed by atoms with Crippen LogP contribution >= 0.6 is 11.6 Å². The van der Waals surface area contributed by atoms with Gasteiger partial charge in [-0.2, -0.15) is 5.10 Å². The van der Waals surface area contributed by atoms with Gasteiger partial charge in [-0.3, -0.25) is 4.68 Å². The van der Waals surface area contributed by atoms with E-state index in [0.717, 1.165) is 18.1 Å². The van der Waals surface area contributed by atoms with Crippen molar-refractivity contribution in [1.82, 2.24) is 15.1 Å². The highest BCUT2D eigenvalue weighted by atomic mass is 35.5. The Balaban J connectivity index is 2.16. The second kappa shape index (κ2) is 5.87. The smallest absolute Gasteiger partial charge is 0.0821 e. The lowest BCUT2D eigenvalue weighted by Gasteiger charge is -2.22. The zero-order valence-corrected chi connectivity index (χ0v) is 11.5. The number of hydrogen-bond acceptors (Lipinski definition) is 2. The van der Waals surface area contributed by atoms with E-state index in [4.69, 9.17) is 11.6 Å². The third-order valence-electron chi connectivity index (χ3n) is 3.66. The monoisotopic (exact) mass is 255 g/mol. The van der Waals surface area contributed by atoms with Gasteiger partial charge in [-0.1, -0.05) is 24.9 Å². The number of nitrogens with zero attached hydrogens (tertiary/aromatic N) is 2. The van der Waals surface area contributed by atoms with Crippen LogP contribution in [0.5, 0.6) is 0 Å². The average molecular weight is 256 g/mol. The lowest BCUT2D eigenvalue weighted by Crippen LogP contribution is -2.32. The standard InChI is InChI=1S/C13H22ClN3/c1-3-8-15-12-7-5-6-10(12)13-11(14)9-16-17(13)4-2/h9-10,12,15H,3-8H2,1-2H3. The summed E-state index contributed by atoms with van der Waals surface area (Å²) in [6.07, 6.45) is 6.75. The van der Waals surface area contributed by atoms with Crippen molar-refractivity contribution in [2.45, 2.75) is 58.0 Å². The molecule has 1 aromatic heterocycles. The van der Waals surface area contributed by atoms with E-state index in [1.165, 1.54) is 31.4 Å². The van der Waals surface area contributed by atoms with Gasteiger partial charge in [0.15, 0.2) is 0 Å². The highest BCUT2D eigenvalue weighted by Gasteiger charge is 2.31. The maximum Gasteiger partial charge on any atom is 0.0821 e. The van der Waals surface area contributed by atoms with Crippen LogP contribution in [0.15, 0.2) is 6.20 Å². The van der Waals surface area contributed by atoms with E-state index in [1.807, 2.05) is 0 Å². The van der Waals surface area contributed by atoms with Gasteiger partial charge in [0.05, 0.1) is 16.9 Å². The van der Waals surface area contributed by atoms with Crippen molar-refractivity contribution in [2.24, 2.45) is 0 Å². The molecule has 2 atom stereocenters. The number of aryl methyl sites for hydroxylation is 1. The van der Waals surface area contributed by atoms with E-state index in [-0.39, 0.29) is 0 Å². The lowest BCUT2D eigenvalue weighted by molar-refractivity contribution is 0.452. The first-order valence-electron chi connectivity index (χ1n) is 6.72. The molecule has 0 bridgehead atoms. The molecule has 1 aromatic rings. The van der Waals surface area contributed by atoms with Crippen molar-refractivity contribution in [1.29, 1.82) is 0 Å². The maximum absolute atomic E-state index is 6.29. The predicted molar refractivity (Wildman–Crippen MR) is 71.6 cm³/mol. The van der Waals surface area contributed by atoms with E-state index in [1.54, 1.807) is 6.20 Å². The second-order valence-corrected chi connectivity index (χ2v) is 5.20. The van der Waals surface area contributed by atoms with E-state index in [2.05, 4.69) is 28.9 Å². The molecule has 96 valence electrons. The van der Waals surface area contributed by atoms with Crippen LogP contribution in [0.3, 0.4) is 0 Å². The summed E-state index contributed by atoms with van der Waals surface area (Å²) >= 11 is 6.29. The second-order valence-electron chi connectivity index (χ2n) is 4.79. The first-order chi connectivity index (χ1) is 8.27. The molecule has 0 spiro atoms. The Labute approximate surface area is 109 Å². The van der Waals surface area contributed by atoms with Crippen LogP contribution in [0.25, 0.3) is 0 Å². The summed E-state index contributed by atoms with van der Waals surface area (Å²) in [6, 6.07) is 0.578. The summed E-state index contributed by atoms with van der Waals surface area (Å²) in [5.74, 6) is 0.538. The van der Waals surface area contributed by atoms with Crippen molar-refractivity contribution < 1.29 is 0 Å². The van der Waals surface area contributed by atoms with Crippen LogP contribution in [-0.4, -0.2) is 22.4 Å². The summed E-state index contributed by atoms with van der Waals surface area (Å²) in [4.78, 5) is 0. The van der Waals surface area contributed by atoms with Crippen LogP contribution in [0.1, 0.15) is 51.1 Å². The molecule has 17 heavy (non-hydrogen) atoms. The molecule has 3 nitrogen and oxygen atoms in total. The van der Waals surface area contributed by atoms with E-state index in [0.29, 0.717) is 12.0 Å². The van der Waals surface area contributed by atoms with Gasteiger partial charge in [-0.25, -0.2) is 0 Å². The van der Waals surface area contributed by atoms with Crippen molar-refractivity contribution in [3.8, 4) is 0 Å². The fourth-order valence-electron chi connectivity index (χ4n) is 2.85. The minimum Gasteiger partial charge on any atom is -0.313 e. The van der Waals surface area contributed by atoms with Gasteiger partial charge in [0.1, 0.15) is 0 Å². The summed E-state index contributed by atoms with van der Waals surface area (Å²) in [5, 5.41) is 8.83. The van der Waals surface area contributed by atoms with Crippen molar-refractivity contribution in [2.75, 3.05) is 6.54 Å². The highest BCUT2D eigenvalue weighted by Crippen LogP contribution is 2.37. The summed E-state index contributed by atoms with van der Waals surface area (Å²) in [5.41, 5.74) is 1.24. The summed E-state index contributed by atoms with van der Waals surface area (Å²) in [6.45, 7) is 6.33. The van der Waals surface area contributed by atoms with Gasteiger partial charge in [0.25, 0.3) is 0 Å². The molecule has 1 saturated carbocycles. The molecule has 0 saturated heterocycles. The molecule has 2 unspecified atom stereocenters. The first kappa shape index (κ1) is 12.9. The highest BCUT2D eigenvalue weighted by molar-refractivity contribution is 6.31. The molecule has 4 heteroatoms. The molecule has 0 amide bonds. The molecular weight excluding hydrogens is 234 g/mol. The number of hydrogen-bond donors (Lipinski definition) is 1. The normalized spacial score (nSPS) is 24.4. The Kier molecular flexibility index (Phi) is 4.46. The average Bonchev–Trinajstić information content (AvgIpc) is 2.92. The maximum atomic E-state index is 6.29. The number of aromatic nitrogens is 2. The van der Waals surface area contributed by atoms with Crippen LogP contribution in [0.4, 0.5) is 0 Å². The topological polar surface area (TPSA) is 29.9 Å². The van der Waals surface area contributed by atoms with E-state index >= 15 is 0 Å². The van der Waals surface area contributed by atoms with Crippen LogP contribution in [0, 0.1) is 0 Å². The number of nitrogens with one attached hydrogen (secondary N) is 1. The largest absolute Gasteiger partial charge is 0.313 e. The Morgan fingerprint density at radius 2 is 2.29 bits per heavy atom. The Morgan fingerprint density at radius 1 is 1.47 bits per heavy atom. The van der Waals surface area contributed by atoms with Crippen molar-refractivity contribution >= 4 is 11.6 Å². The van der Waals surface area contributed by atoms with E-state index in [9.17, 15) is 0 Å².